The number of benzene rings is 7. The van der Waals surface area contributed by atoms with Crippen LogP contribution in [0.1, 0.15) is 5.56 Å². The third-order valence-electron chi connectivity index (χ3n) is 9.79. The van der Waals surface area contributed by atoms with Gasteiger partial charge in [-0.2, -0.15) is 5.26 Å². The van der Waals surface area contributed by atoms with E-state index in [9.17, 15) is 5.26 Å². The van der Waals surface area contributed by atoms with Gasteiger partial charge in [-0.15, -0.1) is 0 Å². The Kier molecular flexibility index (Phi) is 6.76. The van der Waals surface area contributed by atoms with Crippen molar-refractivity contribution < 1.29 is 0 Å². The number of rotatable bonds is 5. The monoisotopic (exact) mass is 664 g/mol. The number of hydrogen-bond donors (Lipinski definition) is 0. The zero-order valence-corrected chi connectivity index (χ0v) is 27.8. The normalized spacial score (nSPS) is 11.4. The van der Waals surface area contributed by atoms with Crippen molar-refractivity contribution in [2.24, 2.45) is 0 Å². The van der Waals surface area contributed by atoms with Crippen LogP contribution in [0.2, 0.25) is 0 Å². The van der Waals surface area contributed by atoms with Crippen LogP contribution in [-0.2, 0) is 0 Å². The first-order valence-corrected chi connectivity index (χ1v) is 17.2. The molecule has 0 aliphatic rings. The van der Waals surface area contributed by atoms with Crippen molar-refractivity contribution in [2.45, 2.75) is 0 Å². The largest absolute Gasteiger partial charge is 0.309 e. The van der Waals surface area contributed by atoms with E-state index >= 15 is 0 Å². The zero-order valence-electron chi connectivity index (χ0n) is 27.8. The molecule has 6 nitrogen and oxygen atoms in total. The Morgan fingerprint density at radius 2 is 0.962 bits per heavy atom. The molecule has 52 heavy (non-hydrogen) atoms. The van der Waals surface area contributed by atoms with Crippen molar-refractivity contribution in [3.63, 3.8) is 0 Å². The van der Waals surface area contributed by atoms with Gasteiger partial charge in [-0.1, -0.05) is 109 Å². The summed E-state index contributed by atoms with van der Waals surface area (Å²) in [6.45, 7) is 0. The van der Waals surface area contributed by atoms with E-state index in [-0.39, 0.29) is 0 Å². The maximum Gasteiger partial charge on any atom is 0.164 e. The molecule has 0 atom stereocenters. The maximum atomic E-state index is 9.72. The second-order valence-electron chi connectivity index (χ2n) is 12.8. The van der Waals surface area contributed by atoms with E-state index in [1.165, 1.54) is 10.8 Å². The predicted molar refractivity (Wildman–Crippen MR) is 210 cm³/mol. The van der Waals surface area contributed by atoms with Gasteiger partial charge in [0.25, 0.3) is 0 Å². The molecule has 10 aromatic rings. The second-order valence-corrected chi connectivity index (χ2v) is 12.8. The van der Waals surface area contributed by atoms with Crippen LogP contribution in [0.15, 0.2) is 170 Å². The van der Waals surface area contributed by atoms with Gasteiger partial charge in [-0.05, 0) is 60.7 Å². The molecule has 3 heterocycles. The average Bonchev–Trinajstić information content (AvgIpc) is 3.74. The van der Waals surface area contributed by atoms with Crippen molar-refractivity contribution in [1.29, 1.82) is 5.26 Å². The van der Waals surface area contributed by atoms with E-state index in [4.69, 9.17) is 15.0 Å². The fourth-order valence-electron chi connectivity index (χ4n) is 7.47. The lowest BCUT2D eigenvalue weighted by Crippen LogP contribution is -2.00. The molecule has 0 N–H and O–H groups in total. The summed E-state index contributed by atoms with van der Waals surface area (Å²) in [6, 6.07) is 60.3. The Hall–Kier alpha value is -7.36. The fourth-order valence-corrected chi connectivity index (χ4v) is 7.47. The highest BCUT2D eigenvalue weighted by molar-refractivity contribution is 6.26. The van der Waals surface area contributed by atoms with Crippen molar-refractivity contribution in [3.05, 3.63) is 175 Å². The number of para-hydroxylation sites is 2. The molecule has 0 unspecified atom stereocenters. The number of nitrogens with zero attached hydrogens (tertiary/aromatic N) is 6. The van der Waals surface area contributed by atoms with E-state index in [0.717, 1.165) is 60.9 Å². The topological polar surface area (TPSA) is 72.3 Å². The lowest BCUT2D eigenvalue weighted by atomic mass is 10.1. The summed E-state index contributed by atoms with van der Waals surface area (Å²) in [5.74, 6) is 1.89. The summed E-state index contributed by atoms with van der Waals surface area (Å²) in [4.78, 5) is 14.8. The van der Waals surface area contributed by atoms with Gasteiger partial charge in [-0.3, -0.25) is 0 Å². The van der Waals surface area contributed by atoms with E-state index in [1.54, 1.807) is 0 Å². The van der Waals surface area contributed by atoms with Crippen LogP contribution < -0.4 is 0 Å². The molecule has 7 aromatic carbocycles. The minimum atomic E-state index is 0.617. The summed E-state index contributed by atoms with van der Waals surface area (Å²) in [5, 5.41) is 14.4. The number of nitriles is 1. The van der Waals surface area contributed by atoms with E-state index in [2.05, 4.69) is 106 Å². The van der Waals surface area contributed by atoms with Crippen LogP contribution in [0, 0.1) is 11.3 Å². The molecule has 0 aliphatic heterocycles. The van der Waals surface area contributed by atoms with E-state index in [1.807, 2.05) is 78.9 Å². The highest BCUT2D eigenvalue weighted by atomic mass is 15.0. The van der Waals surface area contributed by atoms with Gasteiger partial charge in [0.05, 0.1) is 33.7 Å². The average molecular weight is 665 g/mol. The highest BCUT2D eigenvalue weighted by Crippen LogP contribution is 2.42. The Labute approximate surface area is 299 Å². The zero-order chi connectivity index (χ0) is 34.6. The Balaban J connectivity index is 1.20. The van der Waals surface area contributed by atoms with Gasteiger partial charge in [-0.25, -0.2) is 15.0 Å². The standard InChI is InChI=1S/C46H28N6/c47-29-30-12-11-17-35(28-30)51-40-21-10-8-19-38(40)42-41(51)27-26-37-36-18-7-9-20-39(36)52(43(37)42)34-24-22-33(23-25-34)46-49-44(31-13-3-1-4-14-31)48-45(50-46)32-15-5-2-6-16-32/h1-28H. The molecule has 242 valence electrons. The van der Waals surface area contributed by atoms with Gasteiger partial charge < -0.3 is 9.13 Å². The second kappa shape index (κ2) is 11.9. The third-order valence-corrected chi connectivity index (χ3v) is 9.79. The minimum absolute atomic E-state index is 0.617. The molecule has 6 heteroatoms. The van der Waals surface area contributed by atoms with Crippen LogP contribution in [-0.4, -0.2) is 24.1 Å². The van der Waals surface area contributed by atoms with Crippen LogP contribution in [0.4, 0.5) is 0 Å². The molecule has 0 saturated carbocycles. The lowest BCUT2D eigenvalue weighted by molar-refractivity contribution is 1.07. The molecular weight excluding hydrogens is 637 g/mol. The van der Waals surface area contributed by atoms with Crippen LogP contribution in [0.3, 0.4) is 0 Å². The number of aromatic nitrogens is 5. The first kappa shape index (κ1) is 29.5. The Bertz CT molecular complexity index is 2950. The number of fused-ring (bicyclic) bond motifs is 7. The van der Waals surface area contributed by atoms with Crippen molar-refractivity contribution in [2.75, 3.05) is 0 Å². The summed E-state index contributed by atoms with van der Waals surface area (Å²) >= 11 is 0. The fraction of sp³-hybridized carbons (Fsp3) is 0. The van der Waals surface area contributed by atoms with Gasteiger partial charge in [0.2, 0.25) is 0 Å². The summed E-state index contributed by atoms with van der Waals surface area (Å²) < 4.78 is 4.64. The van der Waals surface area contributed by atoms with Crippen LogP contribution in [0.5, 0.6) is 0 Å². The molecule has 10 rings (SSSR count). The molecular formula is C46H28N6. The van der Waals surface area contributed by atoms with Crippen molar-refractivity contribution in [3.8, 4) is 51.6 Å². The molecule has 0 spiro atoms. The summed E-state index contributed by atoms with van der Waals surface area (Å²) in [5.41, 5.74) is 9.83. The van der Waals surface area contributed by atoms with Gasteiger partial charge in [0.15, 0.2) is 17.5 Å². The van der Waals surface area contributed by atoms with Crippen LogP contribution >= 0.6 is 0 Å². The first-order chi connectivity index (χ1) is 25.7. The van der Waals surface area contributed by atoms with Gasteiger partial charge >= 0.3 is 0 Å². The van der Waals surface area contributed by atoms with E-state index in [0.29, 0.717) is 23.0 Å². The first-order valence-electron chi connectivity index (χ1n) is 17.2. The highest BCUT2D eigenvalue weighted by Gasteiger charge is 2.21. The smallest absolute Gasteiger partial charge is 0.164 e. The van der Waals surface area contributed by atoms with E-state index < -0.39 is 0 Å². The molecule has 0 radical (unpaired) electrons. The summed E-state index contributed by atoms with van der Waals surface area (Å²) in [7, 11) is 0. The van der Waals surface area contributed by atoms with Gasteiger partial charge in [0.1, 0.15) is 0 Å². The van der Waals surface area contributed by atoms with Crippen LogP contribution in [0.25, 0.3) is 89.2 Å². The Morgan fingerprint density at radius 1 is 0.404 bits per heavy atom. The summed E-state index contributed by atoms with van der Waals surface area (Å²) in [6.07, 6.45) is 0. The molecule has 0 bridgehead atoms. The molecule has 0 fully saturated rings. The molecule has 0 saturated heterocycles. The molecule has 0 amide bonds. The maximum absolute atomic E-state index is 9.72. The number of hydrogen-bond acceptors (Lipinski definition) is 4. The van der Waals surface area contributed by atoms with Crippen molar-refractivity contribution >= 4 is 43.6 Å². The third kappa shape index (κ3) is 4.68. The molecule has 3 aromatic heterocycles. The SMILES string of the molecule is N#Cc1cccc(-n2c3ccccc3c3c2ccc2c4ccccc4n(-c4ccc(-c5nc(-c6ccccc6)nc(-c6ccccc6)n5)cc4)c23)c1. The quantitative estimate of drug-likeness (QED) is 0.184. The van der Waals surface area contributed by atoms with Gasteiger partial charge in [0, 0.05) is 49.6 Å². The minimum Gasteiger partial charge on any atom is -0.309 e. The molecule has 0 aliphatic carbocycles. The Morgan fingerprint density at radius 3 is 1.60 bits per heavy atom. The predicted octanol–water partition coefficient (Wildman–Crippen LogP) is 10.9. The lowest BCUT2D eigenvalue weighted by Gasteiger charge is -2.12. The van der Waals surface area contributed by atoms with Crippen molar-refractivity contribution in [1.82, 2.24) is 24.1 Å².